The van der Waals surface area contributed by atoms with Crippen molar-refractivity contribution >= 4 is 29.2 Å². The van der Waals surface area contributed by atoms with Gasteiger partial charge in [-0.2, -0.15) is 0 Å². The van der Waals surface area contributed by atoms with E-state index in [1.165, 1.54) is 7.11 Å². The van der Waals surface area contributed by atoms with E-state index < -0.39 is 0 Å². The van der Waals surface area contributed by atoms with Crippen molar-refractivity contribution in [2.75, 3.05) is 45.6 Å². The number of nitrogens with one attached hydrogen (secondary N) is 1. The number of piperidine rings is 1. The van der Waals surface area contributed by atoms with Gasteiger partial charge in [0.25, 0.3) is 5.91 Å². The predicted molar refractivity (Wildman–Crippen MR) is 114 cm³/mol. The molecule has 0 aromatic heterocycles. The van der Waals surface area contributed by atoms with Gasteiger partial charge in [0.1, 0.15) is 5.75 Å². The van der Waals surface area contributed by atoms with Gasteiger partial charge in [0, 0.05) is 19.0 Å². The van der Waals surface area contributed by atoms with E-state index in [1.54, 1.807) is 12.1 Å². The molecule has 29 heavy (non-hydrogen) atoms. The third-order valence-electron chi connectivity index (χ3n) is 5.27. The average Bonchev–Trinajstić information content (AvgIpc) is 2.71. The lowest BCUT2D eigenvalue weighted by Gasteiger charge is -2.31. The molecule has 162 valence electrons. The second-order valence-electron chi connectivity index (χ2n) is 7.31. The first-order valence-corrected chi connectivity index (χ1v) is 10.6. The van der Waals surface area contributed by atoms with Crippen molar-refractivity contribution in [2.45, 2.75) is 39.0 Å². The Morgan fingerprint density at radius 1 is 1.31 bits per heavy atom. The highest BCUT2D eigenvalue weighted by atomic mass is 35.5. The minimum absolute atomic E-state index is 0.114. The number of ether oxygens (including phenoxy) is 2. The normalized spacial score (nSPS) is 15.1. The Balaban J connectivity index is 1.67. The van der Waals surface area contributed by atoms with Crippen LogP contribution in [0.1, 0.15) is 49.4 Å². The molecule has 1 aliphatic heterocycles. The summed E-state index contributed by atoms with van der Waals surface area (Å²) in [5, 5.41) is 3.29. The second kappa shape index (κ2) is 11.9. The first kappa shape index (κ1) is 23.3. The predicted octanol–water partition coefficient (Wildman–Crippen LogP) is 3.11. The van der Waals surface area contributed by atoms with Crippen molar-refractivity contribution < 1.29 is 19.1 Å². The number of carbonyl (C=O) groups excluding carboxylic acids is 2. The number of nitrogen functional groups attached to an aromatic ring is 1. The maximum atomic E-state index is 12.5. The van der Waals surface area contributed by atoms with Crippen LogP contribution in [0.2, 0.25) is 5.02 Å². The topological polar surface area (TPSA) is 93.9 Å². The molecule has 1 saturated heterocycles. The number of amides is 1. The number of rotatable bonds is 10. The molecule has 1 aromatic rings. The van der Waals surface area contributed by atoms with Crippen LogP contribution in [0.3, 0.4) is 0 Å². The van der Waals surface area contributed by atoms with E-state index in [0.29, 0.717) is 47.5 Å². The minimum atomic E-state index is -0.208. The summed E-state index contributed by atoms with van der Waals surface area (Å²) in [6, 6.07) is 3.11. The fourth-order valence-corrected chi connectivity index (χ4v) is 3.74. The van der Waals surface area contributed by atoms with Crippen LogP contribution in [0.5, 0.6) is 5.75 Å². The third-order valence-corrected chi connectivity index (χ3v) is 5.60. The van der Waals surface area contributed by atoms with Crippen molar-refractivity contribution in [3.63, 3.8) is 0 Å². The van der Waals surface area contributed by atoms with Crippen LogP contribution >= 0.6 is 11.6 Å². The zero-order chi connectivity index (χ0) is 21.2. The Bertz CT molecular complexity index is 691. The SMILES string of the molecule is CCOC(=O)CCCN1CCC(CCNC(=O)c2cc(Cl)c(N)cc2OC)CC1. The van der Waals surface area contributed by atoms with Crippen LogP contribution in [-0.2, 0) is 9.53 Å². The number of esters is 1. The zero-order valence-electron chi connectivity index (χ0n) is 17.3. The van der Waals surface area contributed by atoms with Crippen LogP contribution in [0, 0.1) is 5.92 Å². The summed E-state index contributed by atoms with van der Waals surface area (Å²) in [7, 11) is 1.50. The number of halogens is 1. The van der Waals surface area contributed by atoms with Gasteiger partial charge in [-0.25, -0.2) is 0 Å². The van der Waals surface area contributed by atoms with Gasteiger partial charge < -0.3 is 25.4 Å². The van der Waals surface area contributed by atoms with Crippen molar-refractivity contribution in [1.29, 1.82) is 0 Å². The number of hydrogen-bond acceptors (Lipinski definition) is 6. The lowest BCUT2D eigenvalue weighted by Crippen LogP contribution is -2.36. The number of nitrogens with two attached hydrogens (primary N) is 1. The fourth-order valence-electron chi connectivity index (χ4n) is 3.58. The highest BCUT2D eigenvalue weighted by Crippen LogP contribution is 2.29. The van der Waals surface area contributed by atoms with Gasteiger partial charge in [0.05, 0.1) is 30.0 Å². The van der Waals surface area contributed by atoms with Gasteiger partial charge in [-0.15, -0.1) is 0 Å². The molecule has 1 heterocycles. The molecular formula is C21H32ClN3O4. The number of nitrogens with zero attached hydrogens (tertiary/aromatic N) is 1. The van der Waals surface area contributed by atoms with Crippen molar-refractivity contribution in [1.82, 2.24) is 10.2 Å². The Morgan fingerprint density at radius 2 is 2.03 bits per heavy atom. The molecule has 0 saturated carbocycles. The zero-order valence-corrected chi connectivity index (χ0v) is 18.1. The molecule has 0 atom stereocenters. The van der Waals surface area contributed by atoms with Crippen LogP contribution in [-0.4, -0.2) is 56.7 Å². The lowest BCUT2D eigenvalue weighted by atomic mass is 9.93. The van der Waals surface area contributed by atoms with Gasteiger partial charge >= 0.3 is 5.97 Å². The fraction of sp³-hybridized carbons (Fsp3) is 0.619. The second-order valence-corrected chi connectivity index (χ2v) is 7.72. The number of anilines is 1. The third kappa shape index (κ3) is 7.40. The van der Waals surface area contributed by atoms with E-state index in [1.807, 2.05) is 6.92 Å². The Hall–Kier alpha value is -1.99. The molecule has 3 N–H and O–H groups in total. The summed E-state index contributed by atoms with van der Waals surface area (Å²) >= 11 is 6.03. The van der Waals surface area contributed by atoms with E-state index in [9.17, 15) is 9.59 Å². The van der Waals surface area contributed by atoms with Crippen molar-refractivity contribution in [3.05, 3.63) is 22.7 Å². The highest BCUT2D eigenvalue weighted by molar-refractivity contribution is 6.33. The summed E-state index contributed by atoms with van der Waals surface area (Å²) < 4.78 is 10.2. The number of methoxy groups -OCH3 is 1. The molecule has 0 radical (unpaired) electrons. The first-order chi connectivity index (χ1) is 13.9. The standard InChI is InChI=1S/C21H32ClN3O4/c1-3-29-20(26)5-4-10-25-11-7-15(8-12-25)6-9-24-21(27)16-13-17(22)18(23)14-19(16)28-2/h13-15H,3-12,23H2,1-2H3,(H,24,27). The number of benzene rings is 1. The van der Waals surface area contributed by atoms with Crippen LogP contribution in [0.15, 0.2) is 12.1 Å². The van der Waals surface area contributed by atoms with E-state index in [-0.39, 0.29) is 11.9 Å². The molecule has 0 unspecified atom stereocenters. The largest absolute Gasteiger partial charge is 0.496 e. The van der Waals surface area contributed by atoms with Crippen molar-refractivity contribution in [2.24, 2.45) is 5.92 Å². The number of likely N-dealkylation sites (tertiary alicyclic amines) is 1. The van der Waals surface area contributed by atoms with E-state index >= 15 is 0 Å². The molecule has 0 bridgehead atoms. The van der Waals surface area contributed by atoms with E-state index in [0.717, 1.165) is 45.3 Å². The molecule has 1 aromatic carbocycles. The smallest absolute Gasteiger partial charge is 0.305 e. The summed E-state index contributed by atoms with van der Waals surface area (Å²) in [5.41, 5.74) is 6.54. The van der Waals surface area contributed by atoms with Gasteiger partial charge in [0.2, 0.25) is 0 Å². The number of carbonyl (C=O) groups is 2. The van der Waals surface area contributed by atoms with Gasteiger partial charge in [-0.1, -0.05) is 11.6 Å². The Kier molecular flexibility index (Phi) is 9.54. The summed E-state index contributed by atoms with van der Waals surface area (Å²) in [6.07, 6.45) is 4.47. The molecule has 2 rings (SSSR count). The number of hydrogen-bond donors (Lipinski definition) is 2. The molecule has 0 spiro atoms. The van der Waals surface area contributed by atoms with Crippen molar-refractivity contribution in [3.8, 4) is 5.75 Å². The quantitative estimate of drug-likeness (QED) is 0.442. The van der Waals surface area contributed by atoms with Gasteiger partial charge in [-0.3, -0.25) is 9.59 Å². The molecule has 8 heteroatoms. The van der Waals surface area contributed by atoms with Crippen LogP contribution < -0.4 is 15.8 Å². The molecule has 1 aliphatic rings. The van der Waals surface area contributed by atoms with E-state index in [2.05, 4.69) is 10.2 Å². The van der Waals surface area contributed by atoms with Gasteiger partial charge in [0.15, 0.2) is 0 Å². The molecule has 1 fully saturated rings. The monoisotopic (exact) mass is 425 g/mol. The Morgan fingerprint density at radius 3 is 2.69 bits per heavy atom. The summed E-state index contributed by atoms with van der Waals surface area (Å²) in [5.74, 6) is 0.686. The maximum Gasteiger partial charge on any atom is 0.305 e. The molecule has 7 nitrogen and oxygen atoms in total. The Labute approximate surface area is 177 Å². The minimum Gasteiger partial charge on any atom is -0.496 e. The first-order valence-electron chi connectivity index (χ1n) is 10.2. The molecular weight excluding hydrogens is 394 g/mol. The van der Waals surface area contributed by atoms with E-state index in [4.69, 9.17) is 26.8 Å². The van der Waals surface area contributed by atoms with Crippen LogP contribution in [0.25, 0.3) is 0 Å². The summed E-state index contributed by atoms with van der Waals surface area (Å²) in [6.45, 7) is 5.87. The molecule has 1 amide bonds. The average molecular weight is 426 g/mol. The van der Waals surface area contributed by atoms with Crippen LogP contribution in [0.4, 0.5) is 5.69 Å². The molecule has 0 aliphatic carbocycles. The maximum absolute atomic E-state index is 12.5. The summed E-state index contributed by atoms with van der Waals surface area (Å²) in [4.78, 5) is 26.3. The van der Waals surface area contributed by atoms with Gasteiger partial charge in [-0.05, 0) is 64.2 Å². The lowest BCUT2D eigenvalue weighted by molar-refractivity contribution is -0.143. The highest BCUT2D eigenvalue weighted by Gasteiger charge is 2.20.